The minimum atomic E-state index is -0.496. The highest BCUT2D eigenvalue weighted by Crippen LogP contribution is 2.28. The number of Topliss-reactive ketones (excluding diaryl/α,β-unsaturated/α-hetero) is 1. The monoisotopic (exact) mass is 311 g/mol. The number of allylic oxidation sites excluding steroid dienone is 3. The molecular weight excluding hydrogens is 290 g/mol. The van der Waals surface area contributed by atoms with E-state index in [1.54, 1.807) is 4.90 Å². The lowest BCUT2D eigenvalue weighted by Gasteiger charge is -2.28. The summed E-state index contributed by atoms with van der Waals surface area (Å²) in [6.45, 7) is 2.31. The Kier molecular flexibility index (Phi) is 5.03. The van der Waals surface area contributed by atoms with Gasteiger partial charge in [-0.1, -0.05) is 48.6 Å². The van der Waals surface area contributed by atoms with E-state index in [2.05, 4.69) is 0 Å². The predicted octanol–water partition coefficient (Wildman–Crippen LogP) is 2.46. The lowest BCUT2D eigenvalue weighted by molar-refractivity contribution is -0.142. The van der Waals surface area contributed by atoms with E-state index in [0.717, 1.165) is 11.1 Å². The van der Waals surface area contributed by atoms with Crippen molar-refractivity contribution in [3.05, 3.63) is 53.6 Å². The number of hydrogen-bond donors (Lipinski definition) is 0. The molecule has 1 aromatic rings. The maximum absolute atomic E-state index is 12.5. The highest BCUT2D eigenvalue weighted by atomic mass is 16.5. The molecule has 1 unspecified atom stereocenters. The molecule has 0 aromatic heterocycles. The summed E-state index contributed by atoms with van der Waals surface area (Å²) in [5, 5.41) is 0. The third kappa shape index (κ3) is 3.77. The number of hydrogen-bond acceptors (Lipinski definition) is 3. The minimum Gasteiger partial charge on any atom is -0.378 e. The van der Waals surface area contributed by atoms with Gasteiger partial charge in [0.1, 0.15) is 5.92 Å². The van der Waals surface area contributed by atoms with Crippen LogP contribution in [0.2, 0.25) is 0 Å². The second-order valence-corrected chi connectivity index (χ2v) is 5.85. The molecule has 0 radical (unpaired) electrons. The van der Waals surface area contributed by atoms with E-state index in [0.29, 0.717) is 39.1 Å². The third-order valence-corrected chi connectivity index (χ3v) is 4.34. The summed E-state index contributed by atoms with van der Waals surface area (Å²) < 4.78 is 5.26. The van der Waals surface area contributed by atoms with E-state index in [-0.39, 0.29) is 11.7 Å². The Morgan fingerprint density at radius 2 is 1.91 bits per heavy atom. The van der Waals surface area contributed by atoms with Crippen LogP contribution < -0.4 is 0 Å². The van der Waals surface area contributed by atoms with Gasteiger partial charge >= 0.3 is 0 Å². The van der Waals surface area contributed by atoms with E-state index in [1.165, 1.54) is 0 Å². The van der Waals surface area contributed by atoms with Gasteiger partial charge in [-0.2, -0.15) is 0 Å². The topological polar surface area (TPSA) is 46.6 Å². The number of benzene rings is 1. The van der Waals surface area contributed by atoms with Crippen molar-refractivity contribution in [2.75, 3.05) is 26.3 Å². The SMILES string of the molecule is O=C1/C(=C/C=C/c2ccccc2)CCC1C(=O)N1CCOCC1. The molecule has 1 aromatic carbocycles. The van der Waals surface area contributed by atoms with Crippen molar-refractivity contribution in [2.24, 2.45) is 5.92 Å². The zero-order valence-electron chi connectivity index (χ0n) is 13.1. The van der Waals surface area contributed by atoms with Gasteiger partial charge in [0.15, 0.2) is 5.78 Å². The lowest BCUT2D eigenvalue weighted by Crippen LogP contribution is -2.44. The molecule has 1 atom stereocenters. The van der Waals surface area contributed by atoms with Gasteiger partial charge in [-0.05, 0) is 24.0 Å². The Hall–Kier alpha value is -2.20. The van der Waals surface area contributed by atoms with Crippen molar-refractivity contribution in [3.63, 3.8) is 0 Å². The Labute approximate surface area is 136 Å². The van der Waals surface area contributed by atoms with Crippen molar-refractivity contribution in [1.29, 1.82) is 0 Å². The van der Waals surface area contributed by atoms with Crippen LogP contribution in [0.5, 0.6) is 0 Å². The molecule has 2 aliphatic rings. The van der Waals surface area contributed by atoms with Crippen molar-refractivity contribution in [2.45, 2.75) is 12.8 Å². The molecule has 4 heteroatoms. The number of ketones is 1. The summed E-state index contributed by atoms with van der Waals surface area (Å²) in [7, 11) is 0. The minimum absolute atomic E-state index is 0.0146. The van der Waals surface area contributed by atoms with Crippen LogP contribution in [0.1, 0.15) is 18.4 Å². The Bertz CT molecular complexity index is 627. The summed E-state index contributed by atoms with van der Waals surface area (Å²) >= 11 is 0. The average Bonchev–Trinajstić information content (AvgIpc) is 2.97. The first kappa shape index (κ1) is 15.7. The lowest BCUT2D eigenvalue weighted by atomic mass is 10.0. The second kappa shape index (κ2) is 7.38. The maximum Gasteiger partial charge on any atom is 0.233 e. The van der Waals surface area contributed by atoms with Crippen LogP contribution in [0.25, 0.3) is 6.08 Å². The molecule has 0 bridgehead atoms. The number of morpholine rings is 1. The van der Waals surface area contributed by atoms with Crippen LogP contribution in [0.3, 0.4) is 0 Å². The fourth-order valence-corrected chi connectivity index (χ4v) is 3.02. The van der Waals surface area contributed by atoms with E-state index in [9.17, 15) is 9.59 Å². The first-order valence-corrected chi connectivity index (χ1v) is 8.09. The maximum atomic E-state index is 12.5. The molecule has 23 heavy (non-hydrogen) atoms. The molecule has 1 saturated heterocycles. The summed E-state index contributed by atoms with van der Waals surface area (Å²) in [4.78, 5) is 26.7. The van der Waals surface area contributed by atoms with Gasteiger partial charge < -0.3 is 9.64 Å². The van der Waals surface area contributed by atoms with Crippen LogP contribution in [-0.2, 0) is 14.3 Å². The molecule has 4 nitrogen and oxygen atoms in total. The van der Waals surface area contributed by atoms with Gasteiger partial charge in [0, 0.05) is 13.1 Å². The fraction of sp³-hybridized carbons (Fsp3) is 0.368. The molecule has 1 saturated carbocycles. The molecule has 1 amide bonds. The Morgan fingerprint density at radius 1 is 1.17 bits per heavy atom. The van der Waals surface area contributed by atoms with Crippen LogP contribution in [0.15, 0.2) is 48.1 Å². The molecule has 0 N–H and O–H groups in total. The quantitative estimate of drug-likeness (QED) is 0.636. The highest BCUT2D eigenvalue weighted by molar-refractivity contribution is 6.11. The summed E-state index contributed by atoms with van der Waals surface area (Å²) in [5.74, 6) is -0.544. The number of carbonyl (C=O) groups is 2. The summed E-state index contributed by atoms with van der Waals surface area (Å²) in [6.07, 6.45) is 7.02. The van der Waals surface area contributed by atoms with Crippen LogP contribution in [0, 0.1) is 5.92 Å². The van der Waals surface area contributed by atoms with Crippen molar-refractivity contribution in [3.8, 4) is 0 Å². The molecule has 120 valence electrons. The summed E-state index contributed by atoms with van der Waals surface area (Å²) in [5.41, 5.74) is 1.85. The van der Waals surface area contributed by atoms with Crippen LogP contribution >= 0.6 is 0 Å². The van der Waals surface area contributed by atoms with Gasteiger partial charge in [-0.15, -0.1) is 0 Å². The van der Waals surface area contributed by atoms with Crippen molar-refractivity contribution >= 4 is 17.8 Å². The van der Waals surface area contributed by atoms with E-state index in [4.69, 9.17) is 4.74 Å². The Morgan fingerprint density at radius 3 is 2.65 bits per heavy atom. The first-order valence-electron chi connectivity index (χ1n) is 8.09. The molecule has 2 fully saturated rings. The van der Waals surface area contributed by atoms with Gasteiger partial charge in [-0.25, -0.2) is 0 Å². The van der Waals surface area contributed by atoms with E-state index < -0.39 is 5.92 Å². The third-order valence-electron chi connectivity index (χ3n) is 4.34. The number of nitrogens with zero attached hydrogens (tertiary/aromatic N) is 1. The molecule has 1 aliphatic carbocycles. The zero-order chi connectivity index (χ0) is 16.1. The molecule has 0 spiro atoms. The second-order valence-electron chi connectivity index (χ2n) is 5.85. The number of carbonyl (C=O) groups excluding carboxylic acids is 2. The highest BCUT2D eigenvalue weighted by Gasteiger charge is 2.37. The van der Waals surface area contributed by atoms with Crippen molar-refractivity contribution in [1.82, 2.24) is 4.90 Å². The fourth-order valence-electron chi connectivity index (χ4n) is 3.02. The normalized spacial score (nSPS) is 23.8. The van der Waals surface area contributed by atoms with Crippen LogP contribution in [-0.4, -0.2) is 42.9 Å². The van der Waals surface area contributed by atoms with Gasteiger partial charge in [0.25, 0.3) is 0 Å². The number of amides is 1. The molecule has 3 rings (SSSR count). The van der Waals surface area contributed by atoms with Gasteiger partial charge in [0.2, 0.25) is 5.91 Å². The zero-order valence-corrected chi connectivity index (χ0v) is 13.1. The van der Waals surface area contributed by atoms with E-state index >= 15 is 0 Å². The number of ether oxygens (including phenoxy) is 1. The van der Waals surface area contributed by atoms with Crippen LogP contribution in [0.4, 0.5) is 0 Å². The van der Waals surface area contributed by atoms with E-state index in [1.807, 2.05) is 48.6 Å². The Balaban J connectivity index is 1.63. The predicted molar refractivity (Wildman–Crippen MR) is 88.7 cm³/mol. The average molecular weight is 311 g/mol. The first-order chi connectivity index (χ1) is 11.3. The molecular formula is C19H21NO3. The summed E-state index contributed by atoms with van der Waals surface area (Å²) in [6, 6.07) is 9.94. The molecule has 1 aliphatic heterocycles. The smallest absolute Gasteiger partial charge is 0.233 e. The standard InChI is InChI=1S/C19H21NO3/c21-18-16(8-4-7-15-5-2-1-3-6-15)9-10-17(18)19(22)20-11-13-23-14-12-20/h1-8,17H,9-14H2/b7-4+,16-8+. The largest absolute Gasteiger partial charge is 0.378 e. The molecule has 1 heterocycles. The number of rotatable bonds is 3. The van der Waals surface area contributed by atoms with Gasteiger partial charge in [-0.3, -0.25) is 9.59 Å². The van der Waals surface area contributed by atoms with Gasteiger partial charge in [0.05, 0.1) is 13.2 Å². The van der Waals surface area contributed by atoms with Crippen molar-refractivity contribution < 1.29 is 14.3 Å².